The van der Waals surface area contributed by atoms with Crippen molar-refractivity contribution in [3.8, 4) is 16.7 Å². The lowest BCUT2D eigenvalue weighted by Crippen LogP contribution is -2.01. The number of carboxylic acids is 1. The smallest absolute Gasteiger partial charge is 0.362 e. The fourth-order valence-corrected chi connectivity index (χ4v) is 2.54. The van der Waals surface area contributed by atoms with Gasteiger partial charge in [0.25, 0.3) is 0 Å². The van der Waals surface area contributed by atoms with Crippen molar-refractivity contribution >= 4 is 28.9 Å². The quantitative estimate of drug-likeness (QED) is 0.932. The number of thiophene rings is 1. The molecular weight excluding hydrogens is 278 g/mol. The van der Waals surface area contributed by atoms with E-state index in [0.29, 0.717) is 16.5 Å². The van der Waals surface area contributed by atoms with Crippen LogP contribution in [0.1, 0.15) is 23.0 Å². The highest BCUT2D eigenvalue weighted by molar-refractivity contribution is 7.14. The molecule has 2 heterocycles. The van der Waals surface area contributed by atoms with Crippen LogP contribution in [0.2, 0.25) is 5.02 Å². The molecule has 0 saturated carbocycles. The maximum absolute atomic E-state index is 11.0. The Kier molecular flexibility index (Phi) is 3.58. The summed E-state index contributed by atoms with van der Waals surface area (Å²) in [4.78, 5) is 15.5. The van der Waals surface area contributed by atoms with Crippen LogP contribution in [0, 0.1) is 6.92 Å². The molecule has 0 spiro atoms. The minimum absolute atomic E-state index is 0.0953. The van der Waals surface area contributed by atoms with Crippen LogP contribution in [0.4, 0.5) is 0 Å². The fraction of sp³-hybridized carbons (Fsp3) is 0.273. The Morgan fingerprint density at radius 2 is 2.39 bits per heavy atom. The van der Waals surface area contributed by atoms with E-state index in [9.17, 15) is 4.79 Å². The van der Waals surface area contributed by atoms with Crippen molar-refractivity contribution in [3.05, 3.63) is 21.7 Å². The number of carboxylic acid groups (broad SMARTS) is 1. The Morgan fingerprint density at radius 3 is 2.89 bits per heavy atom. The van der Waals surface area contributed by atoms with Crippen LogP contribution in [-0.4, -0.2) is 22.7 Å². The molecule has 2 aromatic heterocycles. The lowest BCUT2D eigenvalue weighted by molar-refractivity contribution is 0.0683. The molecule has 18 heavy (non-hydrogen) atoms. The van der Waals surface area contributed by atoms with Gasteiger partial charge in [0.05, 0.1) is 11.6 Å². The minimum Gasteiger partial charge on any atom is -0.476 e. The third kappa shape index (κ3) is 2.21. The normalized spacial score (nSPS) is 10.6. The van der Waals surface area contributed by atoms with Crippen LogP contribution in [-0.2, 0) is 0 Å². The zero-order valence-electron chi connectivity index (χ0n) is 9.69. The number of ether oxygens (including phenoxy) is 1. The maximum Gasteiger partial charge on any atom is 0.362 e. The predicted octanol–water partition coefficient (Wildman–Crippen LogP) is 3.46. The monoisotopic (exact) mass is 287 g/mol. The van der Waals surface area contributed by atoms with Gasteiger partial charge in [-0.25, -0.2) is 4.79 Å². The largest absolute Gasteiger partial charge is 0.476 e. The van der Waals surface area contributed by atoms with Crippen molar-refractivity contribution in [1.29, 1.82) is 0 Å². The minimum atomic E-state index is -1.20. The van der Waals surface area contributed by atoms with Crippen molar-refractivity contribution in [3.63, 3.8) is 0 Å². The van der Waals surface area contributed by atoms with E-state index in [1.54, 1.807) is 6.92 Å². The number of nitrogens with zero attached hydrogens (tertiary/aromatic N) is 1. The Bertz CT molecular complexity index is 590. The third-order valence-corrected chi connectivity index (χ3v) is 3.85. The van der Waals surface area contributed by atoms with Gasteiger partial charge in [-0.2, -0.15) is 4.98 Å². The van der Waals surface area contributed by atoms with Crippen LogP contribution >= 0.6 is 22.9 Å². The van der Waals surface area contributed by atoms with Gasteiger partial charge in [-0.3, -0.25) is 0 Å². The molecule has 0 atom stereocenters. The van der Waals surface area contributed by atoms with Gasteiger partial charge in [0.15, 0.2) is 0 Å². The van der Waals surface area contributed by atoms with Gasteiger partial charge in [0, 0.05) is 0 Å². The average Bonchev–Trinajstić information content (AvgIpc) is 2.86. The van der Waals surface area contributed by atoms with Gasteiger partial charge < -0.3 is 14.3 Å². The standard InChI is InChI=1S/C11H10ClNO4S/c1-3-16-11-7(10(14)15)13-9(17-11)8-6(12)5(2)4-18-8/h4H,3H2,1-2H3,(H,14,15). The number of aryl methyl sites for hydroxylation is 1. The summed E-state index contributed by atoms with van der Waals surface area (Å²) in [5.74, 6) is -1.13. The van der Waals surface area contributed by atoms with E-state index in [4.69, 9.17) is 25.9 Å². The van der Waals surface area contributed by atoms with E-state index < -0.39 is 5.97 Å². The van der Waals surface area contributed by atoms with Crippen LogP contribution in [0.25, 0.3) is 10.8 Å². The van der Waals surface area contributed by atoms with Crippen LogP contribution in [0.3, 0.4) is 0 Å². The first kappa shape index (κ1) is 12.9. The second-order valence-corrected chi connectivity index (χ2v) is 4.71. The maximum atomic E-state index is 11.0. The highest BCUT2D eigenvalue weighted by atomic mass is 35.5. The molecule has 1 N–H and O–H groups in total. The van der Waals surface area contributed by atoms with Gasteiger partial charge >= 0.3 is 11.9 Å². The molecule has 5 nitrogen and oxygen atoms in total. The molecule has 0 bridgehead atoms. The van der Waals surface area contributed by atoms with Crippen molar-refractivity contribution < 1.29 is 19.1 Å². The number of halogens is 1. The van der Waals surface area contributed by atoms with Crippen molar-refractivity contribution in [2.45, 2.75) is 13.8 Å². The Morgan fingerprint density at radius 1 is 1.67 bits per heavy atom. The number of aromatic nitrogens is 1. The lowest BCUT2D eigenvalue weighted by Gasteiger charge is -1.96. The van der Waals surface area contributed by atoms with Crippen molar-refractivity contribution in [2.75, 3.05) is 6.61 Å². The van der Waals surface area contributed by atoms with Gasteiger partial charge in [-0.1, -0.05) is 11.6 Å². The SMILES string of the molecule is CCOc1oc(-c2scc(C)c2Cl)nc1C(=O)O. The van der Waals surface area contributed by atoms with Gasteiger partial charge in [-0.05, 0) is 24.8 Å². The van der Waals surface area contributed by atoms with E-state index in [0.717, 1.165) is 5.56 Å². The summed E-state index contributed by atoms with van der Waals surface area (Å²) in [6, 6.07) is 0. The number of carbonyl (C=O) groups is 1. The highest BCUT2D eigenvalue weighted by Crippen LogP contribution is 2.38. The molecule has 7 heteroatoms. The topological polar surface area (TPSA) is 72.6 Å². The molecule has 0 aliphatic rings. The molecule has 2 rings (SSSR count). The van der Waals surface area contributed by atoms with Gasteiger partial charge in [0.2, 0.25) is 11.6 Å². The van der Waals surface area contributed by atoms with Gasteiger partial charge in [0.1, 0.15) is 4.88 Å². The zero-order chi connectivity index (χ0) is 13.3. The molecule has 0 fully saturated rings. The number of aromatic carboxylic acids is 1. The first-order valence-electron chi connectivity index (χ1n) is 5.15. The summed E-state index contributed by atoms with van der Waals surface area (Å²) in [5, 5.41) is 11.4. The molecule has 0 aromatic carbocycles. The molecule has 2 aromatic rings. The number of hydrogen-bond acceptors (Lipinski definition) is 5. The van der Waals surface area contributed by atoms with E-state index in [1.165, 1.54) is 11.3 Å². The summed E-state index contributed by atoms with van der Waals surface area (Å²) in [5.41, 5.74) is 0.652. The molecular formula is C11H10ClNO4S. The number of rotatable bonds is 4. The van der Waals surface area contributed by atoms with Crippen LogP contribution in [0.15, 0.2) is 9.80 Å². The molecule has 0 radical (unpaired) electrons. The van der Waals surface area contributed by atoms with Crippen LogP contribution in [0.5, 0.6) is 5.95 Å². The molecule has 0 aliphatic heterocycles. The summed E-state index contributed by atoms with van der Waals surface area (Å²) >= 11 is 7.43. The summed E-state index contributed by atoms with van der Waals surface area (Å²) in [6.45, 7) is 3.88. The van der Waals surface area contributed by atoms with E-state index in [-0.39, 0.29) is 17.5 Å². The fourth-order valence-electron chi connectivity index (χ4n) is 1.34. The number of hydrogen-bond donors (Lipinski definition) is 1. The average molecular weight is 288 g/mol. The van der Waals surface area contributed by atoms with Crippen molar-refractivity contribution in [1.82, 2.24) is 4.98 Å². The van der Waals surface area contributed by atoms with E-state index in [1.807, 2.05) is 12.3 Å². The first-order valence-corrected chi connectivity index (χ1v) is 6.41. The van der Waals surface area contributed by atoms with E-state index >= 15 is 0 Å². The number of oxazole rings is 1. The zero-order valence-corrected chi connectivity index (χ0v) is 11.3. The third-order valence-electron chi connectivity index (χ3n) is 2.17. The summed E-state index contributed by atoms with van der Waals surface area (Å²) < 4.78 is 10.4. The van der Waals surface area contributed by atoms with E-state index in [2.05, 4.69) is 4.98 Å². The Labute approximate surface area is 112 Å². The predicted molar refractivity (Wildman–Crippen MR) is 67.7 cm³/mol. The summed E-state index contributed by atoms with van der Waals surface area (Å²) in [7, 11) is 0. The second kappa shape index (κ2) is 4.99. The molecule has 0 aliphatic carbocycles. The second-order valence-electron chi connectivity index (χ2n) is 3.46. The highest BCUT2D eigenvalue weighted by Gasteiger charge is 2.24. The lowest BCUT2D eigenvalue weighted by atomic mass is 10.3. The van der Waals surface area contributed by atoms with Crippen LogP contribution < -0.4 is 4.74 Å². The first-order chi connectivity index (χ1) is 8.54. The molecule has 0 amide bonds. The molecule has 0 saturated heterocycles. The Hall–Kier alpha value is -1.53. The summed E-state index contributed by atoms with van der Waals surface area (Å²) in [6.07, 6.45) is 0. The molecule has 0 unspecified atom stereocenters. The van der Waals surface area contributed by atoms with Crippen molar-refractivity contribution in [2.24, 2.45) is 0 Å². The molecule has 96 valence electrons. The Balaban J connectivity index is 2.49. The van der Waals surface area contributed by atoms with Gasteiger partial charge in [-0.15, -0.1) is 11.3 Å².